The Labute approximate surface area is 90.1 Å². The predicted molar refractivity (Wildman–Crippen MR) is 52.7 cm³/mol. The highest BCUT2D eigenvalue weighted by atomic mass is 35.5. The van der Waals surface area contributed by atoms with Crippen molar-refractivity contribution in [1.29, 1.82) is 0 Å². The molecule has 0 saturated heterocycles. The first-order valence-electron chi connectivity index (χ1n) is 4.10. The normalized spacial score (nSPS) is 10.3. The van der Waals surface area contributed by atoms with E-state index >= 15 is 0 Å². The zero-order valence-electron chi connectivity index (χ0n) is 7.77. The van der Waals surface area contributed by atoms with Crippen LogP contribution in [0.2, 0.25) is 5.15 Å². The smallest absolute Gasteiger partial charge is 0.183 e. The van der Waals surface area contributed by atoms with Gasteiger partial charge >= 0.3 is 0 Å². The molecule has 0 bridgehead atoms. The summed E-state index contributed by atoms with van der Waals surface area (Å²) in [6, 6.07) is 0. The van der Waals surface area contributed by atoms with E-state index in [2.05, 4.69) is 15.0 Å². The van der Waals surface area contributed by atoms with Crippen LogP contribution in [-0.4, -0.2) is 21.2 Å². The van der Waals surface area contributed by atoms with Crippen LogP contribution in [0.3, 0.4) is 0 Å². The average Bonchev–Trinajstić information content (AvgIpc) is 2.64. The van der Waals surface area contributed by atoms with Crippen molar-refractivity contribution in [1.82, 2.24) is 15.0 Å². The van der Waals surface area contributed by atoms with Crippen LogP contribution in [0.15, 0.2) is 17.0 Å². The maximum atomic E-state index is 10.5. The van der Waals surface area contributed by atoms with Crippen LogP contribution in [0.1, 0.15) is 16.1 Å². The molecule has 0 N–H and O–H groups in total. The number of oxazole rings is 1. The van der Waals surface area contributed by atoms with Crippen molar-refractivity contribution < 1.29 is 9.21 Å². The summed E-state index contributed by atoms with van der Waals surface area (Å²) in [6.07, 6.45) is 3.25. The number of carbonyl (C=O) groups is 1. The van der Waals surface area contributed by atoms with Gasteiger partial charge in [0.25, 0.3) is 0 Å². The Morgan fingerprint density at radius 1 is 1.47 bits per heavy atom. The Morgan fingerprint density at radius 2 is 2.27 bits per heavy atom. The number of aldehydes is 1. The topological polar surface area (TPSA) is 68.9 Å². The van der Waals surface area contributed by atoms with Gasteiger partial charge in [0, 0.05) is 6.20 Å². The SMILES string of the molecule is Cc1ocnc1-c1ncc(C=O)c(Cl)n1. The monoisotopic (exact) mass is 223 g/mol. The van der Waals surface area contributed by atoms with Crippen molar-refractivity contribution in [2.24, 2.45) is 0 Å². The van der Waals surface area contributed by atoms with Crippen molar-refractivity contribution in [3.63, 3.8) is 0 Å². The summed E-state index contributed by atoms with van der Waals surface area (Å²) in [5.41, 5.74) is 0.774. The Bertz CT molecular complexity index is 510. The van der Waals surface area contributed by atoms with Gasteiger partial charge in [-0.2, -0.15) is 0 Å². The Hall–Kier alpha value is -1.75. The minimum Gasteiger partial charge on any atom is -0.448 e. The lowest BCUT2D eigenvalue weighted by atomic mass is 10.3. The summed E-state index contributed by atoms with van der Waals surface area (Å²) in [5.74, 6) is 0.946. The first kappa shape index (κ1) is 9.79. The lowest BCUT2D eigenvalue weighted by molar-refractivity contribution is 0.112. The van der Waals surface area contributed by atoms with E-state index in [0.717, 1.165) is 0 Å². The van der Waals surface area contributed by atoms with Crippen molar-refractivity contribution in [2.75, 3.05) is 0 Å². The van der Waals surface area contributed by atoms with Gasteiger partial charge in [-0.05, 0) is 6.92 Å². The number of rotatable bonds is 2. The van der Waals surface area contributed by atoms with Gasteiger partial charge in [-0.15, -0.1) is 0 Å². The molecule has 2 heterocycles. The highest BCUT2D eigenvalue weighted by Gasteiger charge is 2.11. The van der Waals surface area contributed by atoms with Crippen molar-refractivity contribution in [3.05, 3.63) is 29.1 Å². The molecule has 0 aliphatic rings. The van der Waals surface area contributed by atoms with Crippen molar-refractivity contribution in [2.45, 2.75) is 6.92 Å². The van der Waals surface area contributed by atoms with E-state index in [1.807, 2.05) is 0 Å². The van der Waals surface area contributed by atoms with Gasteiger partial charge < -0.3 is 4.42 Å². The number of hydrogen-bond donors (Lipinski definition) is 0. The minimum absolute atomic E-state index is 0.109. The lowest BCUT2D eigenvalue weighted by Gasteiger charge is -1.98. The van der Waals surface area contributed by atoms with E-state index in [4.69, 9.17) is 16.0 Å². The molecular formula is C9H6ClN3O2. The van der Waals surface area contributed by atoms with Gasteiger partial charge in [0.2, 0.25) is 0 Å². The van der Waals surface area contributed by atoms with Gasteiger partial charge in [0.15, 0.2) is 18.5 Å². The van der Waals surface area contributed by atoms with E-state index in [1.54, 1.807) is 6.92 Å². The molecule has 0 saturated carbocycles. The molecule has 0 fully saturated rings. The standard InChI is InChI=1S/C9H6ClN3O2/c1-5-7(12-4-15-5)9-11-2-6(3-14)8(10)13-9/h2-4H,1H3. The molecule has 5 nitrogen and oxygen atoms in total. The molecule has 2 aromatic rings. The van der Waals surface area contributed by atoms with E-state index < -0.39 is 0 Å². The molecule has 0 radical (unpaired) electrons. The molecule has 0 aliphatic carbocycles. The van der Waals surface area contributed by atoms with Gasteiger partial charge in [-0.3, -0.25) is 4.79 Å². The van der Waals surface area contributed by atoms with Crippen LogP contribution in [0, 0.1) is 6.92 Å². The predicted octanol–water partition coefficient (Wildman–Crippen LogP) is 1.91. The van der Waals surface area contributed by atoms with Gasteiger partial charge in [-0.25, -0.2) is 15.0 Å². The maximum Gasteiger partial charge on any atom is 0.183 e. The number of nitrogens with zero attached hydrogens (tertiary/aromatic N) is 3. The second kappa shape index (κ2) is 3.78. The third-order valence-corrected chi connectivity index (χ3v) is 2.15. The zero-order chi connectivity index (χ0) is 10.8. The van der Waals surface area contributed by atoms with E-state index in [1.165, 1.54) is 12.6 Å². The molecular weight excluding hydrogens is 218 g/mol. The van der Waals surface area contributed by atoms with Gasteiger partial charge in [-0.1, -0.05) is 11.6 Å². The molecule has 15 heavy (non-hydrogen) atoms. The fourth-order valence-corrected chi connectivity index (χ4v) is 1.26. The minimum atomic E-state index is 0.109. The third-order valence-electron chi connectivity index (χ3n) is 1.85. The Balaban J connectivity index is 2.52. The highest BCUT2D eigenvalue weighted by Crippen LogP contribution is 2.19. The van der Waals surface area contributed by atoms with Crippen LogP contribution < -0.4 is 0 Å². The number of hydrogen-bond acceptors (Lipinski definition) is 5. The molecule has 0 spiro atoms. The molecule has 2 rings (SSSR count). The van der Waals surface area contributed by atoms with Crippen LogP contribution in [0.5, 0.6) is 0 Å². The van der Waals surface area contributed by atoms with Gasteiger partial charge in [0.05, 0.1) is 5.56 Å². The van der Waals surface area contributed by atoms with Gasteiger partial charge in [0.1, 0.15) is 16.6 Å². The van der Waals surface area contributed by atoms with Crippen molar-refractivity contribution in [3.8, 4) is 11.5 Å². The molecule has 0 aromatic carbocycles. The molecule has 0 unspecified atom stereocenters. The average molecular weight is 224 g/mol. The Kier molecular flexibility index (Phi) is 2.47. The summed E-state index contributed by atoms with van der Waals surface area (Å²) in [7, 11) is 0. The second-order valence-corrected chi connectivity index (χ2v) is 3.17. The number of carbonyl (C=O) groups excluding carboxylic acids is 1. The number of aromatic nitrogens is 3. The van der Waals surface area contributed by atoms with E-state index in [-0.39, 0.29) is 10.7 Å². The van der Waals surface area contributed by atoms with Crippen molar-refractivity contribution >= 4 is 17.9 Å². The summed E-state index contributed by atoms with van der Waals surface area (Å²) in [5, 5.41) is 0.109. The van der Waals surface area contributed by atoms with Crippen LogP contribution in [0.25, 0.3) is 11.5 Å². The first-order chi connectivity index (χ1) is 7.22. The number of halogens is 1. The highest BCUT2D eigenvalue weighted by molar-refractivity contribution is 6.31. The molecule has 6 heteroatoms. The molecule has 2 aromatic heterocycles. The second-order valence-electron chi connectivity index (χ2n) is 2.81. The summed E-state index contributed by atoms with van der Waals surface area (Å²) in [4.78, 5) is 22.3. The lowest BCUT2D eigenvalue weighted by Crippen LogP contribution is -1.94. The molecule has 0 amide bonds. The Morgan fingerprint density at radius 3 is 2.80 bits per heavy atom. The quantitative estimate of drug-likeness (QED) is 0.575. The summed E-state index contributed by atoms with van der Waals surface area (Å²) >= 11 is 5.76. The first-order valence-corrected chi connectivity index (χ1v) is 4.48. The molecule has 76 valence electrons. The zero-order valence-corrected chi connectivity index (χ0v) is 8.52. The van der Waals surface area contributed by atoms with Crippen LogP contribution in [-0.2, 0) is 0 Å². The van der Waals surface area contributed by atoms with E-state index in [9.17, 15) is 4.79 Å². The largest absolute Gasteiger partial charge is 0.448 e. The third kappa shape index (κ3) is 1.73. The van der Waals surface area contributed by atoms with E-state index in [0.29, 0.717) is 23.6 Å². The fraction of sp³-hybridized carbons (Fsp3) is 0.111. The summed E-state index contributed by atoms with van der Waals surface area (Å²) in [6.45, 7) is 1.74. The summed E-state index contributed by atoms with van der Waals surface area (Å²) < 4.78 is 5.01. The van der Waals surface area contributed by atoms with Crippen LogP contribution in [0.4, 0.5) is 0 Å². The van der Waals surface area contributed by atoms with Crippen LogP contribution >= 0.6 is 11.6 Å². The molecule has 0 atom stereocenters. The maximum absolute atomic E-state index is 10.5. The number of aryl methyl sites for hydroxylation is 1. The fourth-order valence-electron chi connectivity index (χ4n) is 1.08. The molecule has 0 aliphatic heterocycles.